The SMILES string of the molecule is Cc1nc(-c2cccc(NC(C)C)c2)cs1. The largest absolute Gasteiger partial charge is 0.383 e. The van der Waals surface area contributed by atoms with Crippen molar-refractivity contribution in [1.82, 2.24) is 4.98 Å². The van der Waals surface area contributed by atoms with Gasteiger partial charge in [0, 0.05) is 22.7 Å². The zero-order valence-electron chi connectivity index (χ0n) is 9.82. The van der Waals surface area contributed by atoms with Gasteiger partial charge in [0.25, 0.3) is 0 Å². The lowest BCUT2D eigenvalue weighted by molar-refractivity contribution is 0.900. The van der Waals surface area contributed by atoms with Crippen molar-refractivity contribution < 1.29 is 0 Å². The summed E-state index contributed by atoms with van der Waals surface area (Å²) in [6, 6.07) is 8.85. The van der Waals surface area contributed by atoms with Gasteiger partial charge in [-0.05, 0) is 32.9 Å². The highest BCUT2D eigenvalue weighted by Crippen LogP contribution is 2.24. The maximum absolute atomic E-state index is 4.49. The Labute approximate surface area is 100 Å². The predicted molar refractivity (Wildman–Crippen MR) is 71.0 cm³/mol. The van der Waals surface area contributed by atoms with Gasteiger partial charge in [-0.3, -0.25) is 0 Å². The third-order valence-electron chi connectivity index (χ3n) is 2.23. The Morgan fingerprint density at radius 1 is 1.31 bits per heavy atom. The molecule has 0 atom stereocenters. The molecular weight excluding hydrogens is 216 g/mol. The first kappa shape index (κ1) is 11.1. The summed E-state index contributed by atoms with van der Waals surface area (Å²) in [5.41, 5.74) is 3.39. The molecule has 0 aliphatic rings. The number of anilines is 1. The molecule has 3 heteroatoms. The predicted octanol–water partition coefficient (Wildman–Crippen LogP) is 3.94. The van der Waals surface area contributed by atoms with Crippen LogP contribution in [0.15, 0.2) is 29.6 Å². The summed E-state index contributed by atoms with van der Waals surface area (Å²) in [7, 11) is 0. The maximum Gasteiger partial charge on any atom is 0.0901 e. The maximum atomic E-state index is 4.49. The van der Waals surface area contributed by atoms with Crippen molar-refractivity contribution in [2.45, 2.75) is 26.8 Å². The van der Waals surface area contributed by atoms with Crippen molar-refractivity contribution in [3.05, 3.63) is 34.7 Å². The van der Waals surface area contributed by atoms with E-state index in [2.05, 4.69) is 53.8 Å². The molecule has 84 valence electrons. The highest BCUT2D eigenvalue weighted by Gasteiger charge is 2.03. The summed E-state index contributed by atoms with van der Waals surface area (Å²) in [5.74, 6) is 0. The second-order valence-electron chi connectivity index (χ2n) is 4.13. The minimum atomic E-state index is 0.451. The van der Waals surface area contributed by atoms with Crippen LogP contribution < -0.4 is 5.32 Å². The lowest BCUT2D eigenvalue weighted by atomic mass is 10.1. The number of thiazole rings is 1. The van der Waals surface area contributed by atoms with E-state index in [0.717, 1.165) is 16.4 Å². The standard InChI is InChI=1S/C13H16N2S/c1-9(2)14-12-6-4-5-11(7-12)13-8-16-10(3)15-13/h4-9,14H,1-3H3. The van der Waals surface area contributed by atoms with Crippen LogP contribution in [0.2, 0.25) is 0 Å². The number of aromatic nitrogens is 1. The van der Waals surface area contributed by atoms with Gasteiger partial charge in [-0.1, -0.05) is 12.1 Å². The fourth-order valence-electron chi connectivity index (χ4n) is 1.60. The lowest BCUT2D eigenvalue weighted by Gasteiger charge is -2.10. The van der Waals surface area contributed by atoms with E-state index in [1.54, 1.807) is 11.3 Å². The minimum absolute atomic E-state index is 0.451. The summed E-state index contributed by atoms with van der Waals surface area (Å²) >= 11 is 1.69. The lowest BCUT2D eigenvalue weighted by Crippen LogP contribution is -2.09. The molecule has 0 aliphatic carbocycles. The Hall–Kier alpha value is -1.35. The van der Waals surface area contributed by atoms with Crippen LogP contribution in [0.5, 0.6) is 0 Å². The Kier molecular flexibility index (Phi) is 3.25. The molecule has 2 rings (SSSR count). The van der Waals surface area contributed by atoms with E-state index in [4.69, 9.17) is 0 Å². The van der Waals surface area contributed by atoms with Crippen molar-refractivity contribution in [2.75, 3.05) is 5.32 Å². The molecule has 0 fully saturated rings. The quantitative estimate of drug-likeness (QED) is 0.867. The third kappa shape index (κ3) is 2.61. The van der Waals surface area contributed by atoms with Gasteiger partial charge in [-0.2, -0.15) is 0 Å². The average molecular weight is 232 g/mol. The van der Waals surface area contributed by atoms with Crippen LogP contribution in [0.1, 0.15) is 18.9 Å². The number of hydrogen-bond donors (Lipinski definition) is 1. The third-order valence-corrected chi connectivity index (χ3v) is 3.01. The molecule has 1 aromatic carbocycles. The Morgan fingerprint density at radius 3 is 2.75 bits per heavy atom. The molecule has 0 saturated carbocycles. The van der Waals surface area contributed by atoms with E-state index < -0.39 is 0 Å². The topological polar surface area (TPSA) is 24.9 Å². The highest BCUT2D eigenvalue weighted by atomic mass is 32.1. The van der Waals surface area contributed by atoms with Gasteiger partial charge in [0.2, 0.25) is 0 Å². The van der Waals surface area contributed by atoms with Crippen molar-refractivity contribution in [3.63, 3.8) is 0 Å². The van der Waals surface area contributed by atoms with Gasteiger partial charge in [-0.25, -0.2) is 4.98 Å². The molecule has 1 aromatic heterocycles. The Balaban J connectivity index is 2.28. The van der Waals surface area contributed by atoms with Crippen LogP contribution in [0.4, 0.5) is 5.69 Å². The van der Waals surface area contributed by atoms with Crippen molar-refractivity contribution in [2.24, 2.45) is 0 Å². The van der Waals surface area contributed by atoms with Gasteiger partial charge in [0.05, 0.1) is 10.7 Å². The monoisotopic (exact) mass is 232 g/mol. The van der Waals surface area contributed by atoms with Crippen LogP contribution in [0.3, 0.4) is 0 Å². The van der Waals surface area contributed by atoms with Gasteiger partial charge in [0.15, 0.2) is 0 Å². The molecule has 0 amide bonds. The van der Waals surface area contributed by atoms with Crippen LogP contribution in [0, 0.1) is 6.92 Å². The smallest absolute Gasteiger partial charge is 0.0901 e. The molecule has 0 aliphatic heterocycles. The second-order valence-corrected chi connectivity index (χ2v) is 5.19. The van der Waals surface area contributed by atoms with Crippen molar-refractivity contribution in [3.8, 4) is 11.3 Å². The summed E-state index contributed by atoms with van der Waals surface area (Å²) < 4.78 is 0. The average Bonchev–Trinajstić information content (AvgIpc) is 2.64. The second kappa shape index (κ2) is 4.66. The number of rotatable bonds is 3. The molecular formula is C13H16N2S. The van der Waals surface area contributed by atoms with E-state index >= 15 is 0 Å². The summed E-state index contributed by atoms with van der Waals surface area (Å²) in [6.45, 7) is 6.31. The van der Waals surface area contributed by atoms with E-state index in [-0.39, 0.29) is 0 Å². The Morgan fingerprint density at radius 2 is 2.12 bits per heavy atom. The van der Waals surface area contributed by atoms with E-state index in [9.17, 15) is 0 Å². The highest BCUT2D eigenvalue weighted by molar-refractivity contribution is 7.09. The molecule has 16 heavy (non-hydrogen) atoms. The van der Waals surface area contributed by atoms with Crippen molar-refractivity contribution >= 4 is 17.0 Å². The minimum Gasteiger partial charge on any atom is -0.383 e. The molecule has 0 bridgehead atoms. The zero-order valence-corrected chi connectivity index (χ0v) is 10.6. The van der Waals surface area contributed by atoms with E-state index in [1.165, 1.54) is 5.56 Å². The van der Waals surface area contributed by atoms with Gasteiger partial charge < -0.3 is 5.32 Å². The normalized spacial score (nSPS) is 10.8. The number of aryl methyl sites for hydroxylation is 1. The number of nitrogens with one attached hydrogen (secondary N) is 1. The van der Waals surface area contributed by atoms with Crippen LogP contribution in [-0.2, 0) is 0 Å². The van der Waals surface area contributed by atoms with Crippen LogP contribution in [0.25, 0.3) is 11.3 Å². The Bertz CT molecular complexity index is 474. The molecule has 1 heterocycles. The van der Waals surface area contributed by atoms with Crippen molar-refractivity contribution in [1.29, 1.82) is 0 Å². The fraction of sp³-hybridized carbons (Fsp3) is 0.308. The molecule has 2 nitrogen and oxygen atoms in total. The van der Waals surface area contributed by atoms with Gasteiger partial charge in [0.1, 0.15) is 0 Å². The van der Waals surface area contributed by atoms with Gasteiger partial charge in [-0.15, -0.1) is 11.3 Å². The summed E-state index contributed by atoms with van der Waals surface area (Å²) in [5, 5.41) is 6.61. The van der Waals surface area contributed by atoms with E-state index in [1.807, 2.05) is 6.92 Å². The van der Waals surface area contributed by atoms with Crippen LogP contribution >= 0.6 is 11.3 Å². The summed E-state index contributed by atoms with van der Waals surface area (Å²) in [6.07, 6.45) is 0. The molecule has 0 radical (unpaired) electrons. The molecule has 2 aromatic rings. The number of benzene rings is 1. The fourth-order valence-corrected chi connectivity index (χ4v) is 2.22. The molecule has 1 N–H and O–H groups in total. The first-order chi connectivity index (χ1) is 7.65. The number of hydrogen-bond acceptors (Lipinski definition) is 3. The van der Waals surface area contributed by atoms with Crippen LogP contribution in [-0.4, -0.2) is 11.0 Å². The number of nitrogens with zero attached hydrogens (tertiary/aromatic N) is 1. The molecule has 0 spiro atoms. The summed E-state index contributed by atoms with van der Waals surface area (Å²) in [4.78, 5) is 4.49. The first-order valence-electron chi connectivity index (χ1n) is 5.44. The van der Waals surface area contributed by atoms with E-state index in [0.29, 0.717) is 6.04 Å². The zero-order chi connectivity index (χ0) is 11.5. The van der Waals surface area contributed by atoms with Gasteiger partial charge >= 0.3 is 0 Å². The molecule has 0 saturated heterocycles. The first-order valence-corrected chi connectivity index (χ1v) is 6.32. The molecule has 0 unspecified atom stereocenters.